The van der Waals surface area contributed by atoms with E-state index >= 15 is 0 Å². The highest BCUT2D eigenvalue weighted by molar-refractivity contribution is 5.81. The van der Waals surface area contributed by atoms with Gasteiger partial charge in [-0.3, -0.25) is 0 Å². The van der Waals surface area contributed by atoms with Gasteiger partial charge in [0, 0.05) is 6.42 Å². The molecular weight excluding hydrogens is 174 g/mol. The van der Waals surface area contributed by atoms with Crippen LogP contribution in [-0.2, 0) is 6.42 Å². The van der Waals surface area contributed by atoms with E-state index in [1.54, 1.807) is 6.19 Å². The summed E-state index contributed by atoms with van der Waals surface area (Å²) in [7, 11) is 0. The Kier molecular flexibility index (Phi) is 4.22. The lowest BCUT2D eigenvalue weighted by molar-refractivity contribution is 0.861. The normalized spacial score (nSPS) is 10.9. The minimum Gasteiger partial charge on any atom is -0.386 e. The Morgan fingerprint density at radius 3 is 2.71 bits per heavy atom. The van der Waals surface area contributed by atoms with Crippen LogP contribution in [-0.4, -0.2) is 5.84 Å². The van der Waals surface area contributed by atoms with Gasteiger partial charge < -0.3 is 5.73 Å². The predicted molar refractivity (Wildman–Crippen MR) is 56.6 cm³/mol. The topological polar surface area (TPSA) is 62.2 Å². The second-order valence-electron chi connectivity index (χ2n) is 3.04. The van der Waals surface area contributed by atoms with Gasteiger partial charge in [-0.25, -0.2) is 0 Å². The van der Waals surface area contributed by atoms with Crippen LogP contribution in [0.3, 0.4) is 0 Å². The van der Waals surface area contributed by atoms with Gasteiger partial charge in [0.25, 0.3) is 0 Å². The molecule has 0 aliphatic heterocycles. The first kappa shape index (κ1) is 10.3. The summed E-state index contributed by atoms with van der Waals surface area (Å²) < 4.78 is 0. The number of amidine groups is 1. The van der Waals surface area contributed by atoms with Gasteiger partial charge in [0.15, 0.2) is 0 Å². The molecule has 0 heterocycles. The molecule has 0 aromatic heterocycles. The fraction of sp³-hybridized carbons (Fsp3) is 0.273. The highest BCUT2D eigenvalue weighted by Crippen LogP contribution is 2.04. The molecule has 1 aromatic rings. The number of rotatable bonds is 4. The Hall–Kier alpha value is -1.82. The van der Waals surface area contributed by atoms with E-state index in [-0.39, 0.29) is 0 Å². The highest BCUT2D eigenvalue weighted by Gasteiger charge is 1.94. The molecule has 1 rings (SSSR count). The van der Waals surface area contributed by atoms with Crippen molar-refractivity contribution in [1.82, 2.24) is 0 Å². The second kappa shape index (κ2) is 5.76. The van der Waals surface area contributed by atoms with Gasteiger partial charge in [0.1, 0.15) is 5.84 Å². The Labute approximate surface area is 83.9 Å². The van der Waals surface area contributed by atoms with Gasteiger partial charge >= 0.3 is 0 Å². The number of hydrogen-bond donors (Lipinski definition) is 1. The van der Waals surface area contributed by atoms with E-state index < -0.39 is 0 Å². The number of nitrogens with two attached hydrogens (primary N) is 1. The van der Waals surface area contributed by atoms with Gasteiger partial charge in [-0.15, -0.1) is 0 Å². The number of aryl methyl sites for hydroxylation is 1. The van der Waals surface area contributed by atoms with Crippen molar-refractivity contribution >= 4 is 5.84 Å². The first-order valence-corrected chi connectivity index (χ1v) is 4.58. The lowest BCUT2D eigenvalue weighted by Gasteiger charge is -1.99. The lowest BCUT2D eigenvalue weighted by Crippen LogP contribution is -2.10. The number of nitriles is 1. The molecule has 0 unspecified atom stereocenters. The molecule has 0 aliphatic rings. The average molecular weight is 187 g/mol. The number of nitrogens with zero attached hydrogens (tertiary/aromatic N) is 2. The minimum atomic E-state index is 0.420. The highest BCUT2D eigenvalue weighted by atomic mass is 14.8. The maximum Gasteiger partial charge on any atom is 0.207 e. The van der Waals surface area contributed by atoms with Crippen LogP contribution < -0.4 is 5.73 Å². The molecular formula is C11H13N3. The molecule has 0 fully saturated rings. The van der Waals surface area contributed by atoms with E-state index in [0.717, 1.165) is 12.8 Å². The number of aliphatic imine (C=N–C) groups is 1. The molecule has 1 aromatic carbocycles. The fourth-order valence-corrected chi connectivity index (χ4v) is 1.24. The summed E-state index contributed by atoms with van der Waals surface area (Å²) in [6.45, 7) is 0. The van der Waals surface area contributed by atoms with Crippen molar-refractivity contribution in [1.29, 1.82) is 5.26 Å². The minimum absolute atomic E-state index is 0.420. The van der Waals surface area contributed by atoms with Crippen molar-refractivity contribution in [3.05, 3.63) is 35.9 Å². The zero-order valence-corrected chi connectivity index (χ0v) is 7.98. The third kappa shape index (κ3) is 3.72. The largest absolute Gasteiger partial charge is 0.386 e. The van der Waals surface area contributed by atoms with Gasteiger partial charge in [-0.05, 0) is 18.4 Å². The van der Waals surface area contributed by atoms with E-state index in [9.17, 15) is 0 Å². The quantitative estimate of drug-likeness (QED) is 0.444. The Morgan fingerprint density at radius 1 is 1.36 bits per heavy atom. The molecule has 3 heteroatoms. The fourth-order valence-electron chi connectivity index (χ4n) is 1.24. The molecule has 0 amide bonds. The Morgan fingerprint density at radius 2 is 2.07 bits per heavy atom. The molecule has 2 N–H and O–H groups in total. The summed E-state index contributed by atoms with van der Waals surface area (Å²) in [5.74, 6) is 0.420. The van der Waals surface area contributed by atoms with Crippen LogP contribution in [0.5, 0.6) is 0 Å². The van der Waals surface area contributed by atoms with Crippen molar-refractivity contribution in [2.75, 3.05) is 0 Å². The molecule has 14 heavy (non-hydrogen) atoms. The van der Waals surface area contributed by atoms with Crippen molar-refractivity contribution in [3.8, 4) is 6.19 Å². The van der Waals surface area contributed by atoms with Gasteiger partial charge in [0.05, 0.1) is 0 Å². The van der Waals surface area contributed by atoms with Crippen LogP contribution in [0.25, 0.3) is 0 Å². The smallest absolute Gasteiger partial charge is 0.207 e. The maximum absolute atomic E-state index is 8.24. The summed E-state index contributed by atoms with van der Waals surface area (Å²) >= 11 is 0. The number of hydrogen-bond acceptors (Lipinski definition) is 2. The molecule has 0 bridgehead atoms. The summed E-state index contributed by atoms with van der Waals surface area (Å²) in [4.78, 5) is 3.46. The van der Waals surface area contributed by atoms with Crippen LogP contribution in [0.2, 0.25) is 0 Å². The first-order chi connectivity index (χ1) is 6.83. The Bertz CT molecular complexity index is 335. The van der Waals surface area contributed by atoms with Gasteiger partial charge in [-0.2, -0.15) is 10.3 Å². The maximum atomic E-state index is 8.24. The van der Waals surface area contributed by atoms with Crippen LogP contribution in [0.1, 0.15) is 18.4 Å². The van der Waals surface area contributed by atoms with Crippen molar-refractivity contribution in [2.45, 2.75) is 19.3 Å². The van der Waals surface area contributed by atoms with E-state index in [1.165, 1.54) is 5.56 Å². The molecule has 0 radical (unpaired) electrons. The average Bonchev–Trinajstić information content (AvgIpc) is 2.20. The number of benzene rings is 1. The monoisotopic (exact) mass is 187 g/mol. The molecule has 0 atom stereocenters. The van der Waals surface area contributed by atoms with E-state index in [1.807, 2.05) is 18.2 Å². The zero-order valence-electron chi connectivity index (χ0n) is 7.98. The summed E-state index contributed by atoms with van der Waals surface area (Å²) in [5.41, 5.74) is 6.76. The van der Waals surface area contributed by atoms with Crippen molar-refractivity contribution in [3.63, 3.8) is 0 Å². The third-order valence-corrected chi connectivity index (χ3v) is 1.93. The van der Waals surface area contributed by atoms with Crippen LogP contribution >= 0.6 is 0 Å². The van der Waals surface area contributed by atoms with Crippen molar-refractivity contribution < 1.29 is 0 Å². The predicted octanol–water partition coefficient (Wildman–Crippen LogP) is 1.85. The van der Waals surface area contributed by atoms with Crippen molar-refractivity contribution in [2.24, 2.45) is 10.7 Å². The Balaban J connectivity index is 2.30. The van der Waals surface area contributed by atoms with Gasteiger partial charge in [-0.1, -0.05) is 30.3 Å². The molecule has 0 saturated heterocycles. The third-order valence-electron chi connectivity index (χ3n) is 1.93. The molecule has 0 spiro atoms. The SMILES string of the molecule is N#CN=C(N)CCCc1ccccc1. The molecule has 72 valence electrons. The summed E-state index contributed by atoms with van der Waals surface area (Å²) in [5, 5.41) is 8.24. The van der Waals surface area contributed by atoms with E-state index in [0.29, 0.717) is 12.3 Å². The lowest BCUT2D eigenvalue weighted by atomic mass is 10.1. The van der Waals surface area contributed by atoms with E-state index in [2.05, 4.69) is 17.1 Å². The zero-order chi connectivity index (χ0) is 10.2. The van der Waals surface area contributed by atoms with Gasteiger partial charge in [0.2, 0.25) is 6.19 Å². The van der Waals surface area contributed by atoms with E-state index in [4.69, 9.17) is 11.0 Å². The summed E-state index contributed by atoms with van der Waals surface area (Å²) in [6.07, 6.45) is 4.27. The standard InChI is InChI=1S/C11H13N3/c12-9-14-11(13)8-4-7-10-5-2-1-3-6-10/h1-3,5-6H,4,7-8H2,(H2,13,14). The first-order valence-electron chi connectivity index (χ1n) is 4.58. The van der Waals surface area contributed by atoms with Crippen LogP contribution in [0.15, 0.2) is 35.3 Å². The van der Waals surface area contributed by atoms with Crippen LogP contribution in [0, 0.1) is 11.5 Å². The van der Waals surface area contributed by atoms with Crippen LogP contribution in [0.4, 0.5) is 0 Å². The molecule has 3 nitrogen and oxygen atoms in total. The second-order valence-corrected chi connectivity index (χ2v) is 3.04. The summed E-state index contributed by atoms with van der Waals surface area (Å²) in [6, 6.07) is 10.2. The molecule has 0 aliphatic carbocycles. The molecule has 0 saturated carbocycles.